The van der Waals surface area contributed by atoms with Gasteiger partial charge < -0.3 is 5.11 Å². The van der Waals surface area contributed by atoms with Crippen LogP contribution in [0.3, 0.4) is 0 Å². The minimum absolute atomic E-state index is 0.143. The SMILES string of the molecule is Cc1ccc(-n2c(C)c(CC(=O)O)c(C)nc2=O)c(C)c1. The normalized spacial score (nSPS) is 10.7. The maximum atomic E-state index is 12.2. The summed E-state index contributed by atoms with van der Waals surface area (Å²) in [5.41, 5.74) is 4.10. The molecule has 5 nitrogen and oxygen atoms in total. The van der Waals surface area contributed by atoms with Gasteiger partial charge in [-0.2, -0.15) is 4.98 Å². The van der Waals surface area contributed by atoms with Crippen LogP contribution in [0, 0.1) is 27.7 Å². The summed E-state index contributed by atoms with van der Waals surface area (Å²) >= 11 is 0. The number of hydrogen-bond donors (Lipinski definition) is 1. The summed E-state index contributed by atoms with van der Waals surface area (Å²) in [6.45, 7) is 7.33. The summed E-state index contributed by atoms with van der Waals surface area (Å²) in [6, 6.07) is 5.77. The van der Waals surface area contributed by atoms with Crippen molar-refractivity contribution in [2.24, 2.45) is 0 Å². The lowest BCUT2D eigenvalue weighted by molar-refractivity contribution is -0.136. The summed E-state index contributed by atoms with van der Waals surface area (Å²) < 4.78 is 1.49. The Labute approximate surface area is 122 Å². The van der Waals surface area contributed by atoms with Crippen molar-refractivity contribution in [1.82, 2.24) is 9.55 Å². The maximum Gasteiger partial charge on any atom is 0.352 e. The molecule has 1 aromatic carbocycles. The number of carboxylic acids is 1. The summed E-state index contributed by atoms with van der Waals surface area (Å²) in [4.78, 5) is 27.2. The van der Waals surface area contributed by atoms with Crippen LogP contribution in [0.25, 0.3) is 5.69 Å². The third kappa shape index (κ3) is 2.86. The third-order valence-electron chi connectivity index (χ3n) is 3.58. The van der Waals surface area contributed by atoms with Crippen LogP contribution in [0.15, 0.2) is 23.0 Å². The molecule has 110 valence electrons. The molecule has 0 bridgehead atoms. The van der Waals surface area contributed by atoms with E-state index in [-0.39, 0.29) is 12.1 Å². The van der Waals surface area contributed by atoms with E-state index in [2.05, 4.69) is 4.98 Å². The van der Waals surface area contributed by atoms with Gasteiger partial charge in [0.25, 0.3) is 0 Å². The molecule has 2 aromatic rings. The van der Waals surface area contributed by atoms with Crippen LogP contribution < -0.4 is 5.69 Å². The molecule has 21 heavy (non-hydrogen) atoms. The van der Waals surface area contributed by atoms with Gasteiger partial charge in [-0.05, 0) is 39.3 Å². The van der Waals surface area contributed by atoms with Crippen molar-refractivity contribution in [3.05, 3.63) is 56.8 Å². The average molecular weight is 286 g/mol. The van der Waals surface area contributed by atoms with Crippen molar-refractivity contribution in [3.8, 4) is 5.69 Å². The lowest BCUT2D eigenvalue weighted by Crippen LogP contribution is -2.27. The van der Waals surface area contributed by atoms with E-state index in [1.165, 1.54) is 4.57 Å². The number of carboxylic acid groups (broad SMARTS) is 1. The number of aromatic nitrogens is 2. The Balaban J connectivity index is 2.74. The number of rotatable bonds is 3. The molecule has 0 aliphatic rings. The summed E-state index contributed by atoms with van der Waals surface area (Å²) in [7, 11) is 0. The van der Waals surface area contributed by atoms with Crippen LogP contribution in [0.1, 0.15) is 28.1 Å². The van der Waals surface area contributed by atoms with Crippen LogP contribution in [-0.2, 0) is 11.2 Å². The van der Waals surface area contributed by atoms with Crippen molar-refractivity contribution >= 4 is 5.97 Å². The van der Waals surface area contributed by atoms with Crippen molar-refractivity contribution < 1.29 is 9.90 Å². The van der Waals surface area contributed by atoms with E-state index in [1.807, 2.05) is 32.0 Å². The van der Waals surface area contributed by atoms with Gasteiger partial charge >= 0.3 is 11.7 Å². The maximum absolute atomic E-state index is 12.2. The minimum atomic E-state index is -0.936. The summed E-state index contributed by atoms with van der Waals surface area (Å²) in [5, 5.41) is 9.02. The van der Waals surface area contributed by atoms with Crippen LogP contribution in [0.2, 0.25) is 0 Å². The molecule has 1 aromatic heterocycles. The second kappa shape index (κ2) is 5.52. The molecule has 0 spiro atoms. The highest BCUT2D eigenvalue weighted by atomic mass is 16.4. The molecule has 0 aliphatic heterocycles. The van der Waals surface area contributed by atoms with E-state index < -0.39 is 5.97 Å². The molecule has 0 atom stereocenters. The predicted molar refractivity (Wildman–Crippen MR) is 80.1 cm³/mol. The lowest BCUT2D eigenvalue weighted by Gasteiger charge is -2.16. The second-order valence-corrected chi connectivity index (χ2v) is 5.24. The molecule has 0 amide bonds. The fraction of sp³-hybridized carbons (Fsp3) is 0.312. The smallest absolute Gasteiger partial charge is 0.352 e. The van der Waals surface area contributed by atoms with E-state index in [1.54, 1.807) is 13.8 Å². The predicted octanol–water partition coefficient (Wildman–Crippen LogP) is 2.09. The monoisotopic (exact) mass is 286 g/mol. The Morgan fingerprint density at radius 2 is 1.90 bits per heavy atom. The Morgan fingerprint density at radius 1 is 1.24 bits per heavy atom. The number of benzene rings is 1. The van der Waals surface area contributed by atoms with E-state index in [0.29, 0.717) is 17.0 Å². The molecular weight excluding hydrogens is 268 g/mol. The van der Waals surface area contributed by atoms with Gasteiger partial charge in [0.2, 0.25) is 0 Å². The van der Waals surface area contributed by atoms with Gasteiger partial charge in [-0.25, -0.2) is 4.79 Å². The fourth-order valence-corrected chi connectivity index (χ4v) is 2.55. The highest BCUT2D eigenvalue weighted by Crippen LogP contribution is 2.19. The molecule has 1 heterocycles. The lowest BCUT2D eigenvalue weighted by atomic mass is 10.1. The van der Waals surface area contributed by atoms with Crippen LogP contribution >= 0.6 is 0 Å². The van der Waals surface area contributed by atoms with E-state index in [4.69, 9.17) is 5.11 Å². The average Bonchev–Trinajstić information content (AvgIpc) is 2.36. The topological polar surface area (TPSA) is 72.2 Å². The second-order valence-electron chi connectivity index (χ2n) is 5.24. The van der Waals surface area contributed by atoms with Crippen LogP contribution in [0.5, 0.6) is 0 Å². The van der Waals surface area contributed by atoms with Gasteiger partial charge in [-0.15, -0.1) is 0 Å². The zero-order valence-electron chi connectivity index (χ0n) is 12.6. The van der Waals surface area contributed by atoms with E-state index in [9.17, 15) is 9.59 Å². The molecule has 2 rings (SSSR count). The molecular formula is C16H18N2O3. The molecule has 0 radical (unpaired) electrons. The Morgan fingerprint density at radius 3 is 2.48 bits per heavy atom. The largest absolute Gasteiger partial charge is 0.481 e. The van der Waals surface area contributed by atoms with Gasteiger partial charge in [-0.3, -0.25) is 9.36 Å². The Bertz CT molecular complexity index is 776. The third-order valence-corrected chi connectivity index (χ3v) is 3.58. The Hall–Kier alpha value is -2.43. The van der Waals surface area contributed by atoms with Crippen molar-refractivity contribution in [3.63, 3.8) is 0 Å². The van der Waals surface area contributed by atoms with Crippen molar-refractivity contribution in [2.45, 2.75) is 34.1 Å². The molecule has 0 saturated heterocycles. The first-order valence-electron chi connectivity index (χ1n) is 6.70. The van der Waals surface area contributed by atoms with Crippen LogP contribution in [0.4, 0.5) is 0 Å². The van der Waals surface area contributed by atoms with Gasteiger partial charge in [0.1, 0.15) is 0 Å². The first kappa shape index (κ1) is 15.0. The van der Waals surface area contributed by atoms with Gasteiger partial charge in [0, 0.05) is 17.0 Å². The molecule has 1 N–H and O–H groups in total. The quantitative estimate of drug-likeness (QED) is 0.937. The fourth-order valence-electron chi connectivity index (χ4n) is 2.55. The zero-order chi connectivity index (χ0) is 15.7. The van der Waals surface area contributed by atoms with Crippen molar-refractivity contribution in [2.75, 3.05) is 0 Å². The first-order chi connectivity index (χ1) is 9.81. The Kier molecular flexibility index (Phi) is 3.93. The number of aryl methyl sites for hydroxylation is 3. The molecule has 0 fully saturated rings. The minimum Gasteiger partial charge on any atom is -0.481 e. The van der Waals surface area contributed by atoms with Gasteiger partial charge in [0.05, 0.1) is 12.1 Å². The highest BCUT2D eigenvalue weighted by Gasteiger charge is 2.16. The number of aliphatic carboxylic acids is 1. The number of carbonyl (C=O) groups is 1. The summed E-state index contributed by atoms with van der Waals surface area (Å²) in [6.07, 6.45) is -0.143. The highest BCUT2D eigenvalue weighted by molar-refractivity contribution is 5.71. The van der Waals surface area contributed by atoms with Gasteiger partial charge in [0.15, 0.2) is 0 Å². The van der Waals surface area contributed by atoms with Crippen molar-refractivity contribution in [1.29, 1.82) is 0 Å². The molecule has 0 aliphatic carbocycles. The zero-order valence-corrected chi connectivity index (χ0v) is 12.6. The standard InChI is InChI=1S/C16H18N2O3/c1-9-5-6-14(10(2)7-9)18-12(4)13(8-15(19)20)11(3)17-16(18)21/h5-7H,8H2,1-4H3,(H,19,20). The number of nitrogens with zero attached hydrogens (tertiary/aromatic N) is 2. The van der Waals surface area contributed by atoms with Crippen LogP contribution in [-0.4, -0.2) is 20.6 Å². The summed E-state index contributed by atoms with van der Waals surface area (Å²) in [5.74, 6) is -0.936. The van der Waals surface area contributed by atoms with E-state index >= 15 is 0 Å². The van der Waals surface area contributed by atoms with E-state index in [0.717, 1.165) is 16.8 Å². The molecule has 0 saturated carbocycles. The molecule has 5 heteroatoms. The number of hydrogen-bond acceptors (Lipinski definition) is 3. The first-order valence-corrected chi connectivity index (χ1v) is 6.70. The molecule has 0 unspecified atom stereocenters. The van der Waals surface area contributed by atoms with Gasteiger partial charge in [-0.1, -0.05) is 17.7 Å².